The number of amides is 1. The van der Waals surface area contributed by atoms with Crippen LogP contribution in [-0.4, -0.2) is 41.0 Å². The molecule has 0 saturated carbocycles. The number of piperidine rings is 1. The second kappa shape index (κ2) is 9.43. The van der Waals surface area contributed by atoms with Crippen LogP contribution < -0.4 is 9.47 Å². The van der Waals surface area contributed by atoms with Crippen LogP contribution in [0, 0.1) is 0 Å². The van der Waals surface area contributed by atoms with Crippen molar-refractivity contribution in [2.45, 2.75) is 31.7 Å². The van der Waals surface area contributed by atoms with Gasteiger partial charge >= 0.3 is 0 Å². The molecule has 1 amide bonds. The molecule has 7 nitrogen and oxygen atoms in total. The van der Waals surface area contributed by atoms with Gasteiger partial charge in [0.05, 0.1) is 19.5 Å². The number of nitrogens with zero attached hydrogens (tertiary/aromatic N) is 3. The van der Waals surface area contributed by atoms with Crippen molar-refractivity contribution in [3.63, 3.8) is 0 Å². The van der Waals surface area contributed by atoms with Gasteiger partial charge in [0.1, 0.15) is 23.3 Å². The highest BCUT2D eigenvalue weighted by molar-refractivity contribution is 5.78. The van der Waals surface area contributed by atoms with Gasteiger partial charge in [-0.2, -0.15) is 0 Å². The molecule has 1 aliphatic heterocycles. The van der Waals surface area contributed by atoms with E-state index in [0.29, 0.717) is 24.6 Å². The minimum atomic E-state index is -0.164. The molecule has 156 valence electrons. The van der Waals surface area contributed by atoms with E-state index in [4.69, 9.17) is 13.9 Å². The third-order valence-corrected chi connectivity index (χ3v) is 5.19. The van der Waals surface area contributed by atoms with E-state index in [-0.39, 0.29) is 18.6 Å². The SMILES string of the molecule is COc1cccc(Cc2cnc(C3CCCCN3C(=O)COc3cccnc3)o2)c1. The zero-order valence-electron chi connectivity index (χ0n) is 17.0. The van der Waals surface area contributed by atoms with Crippen molar-refractivity contribution in [1.82, 2.24) is 14.9 Å². The van der Waals surface area contributed by atoms with E-state index in [0.717, 1.165) is 36.3 Å². The molecule has 3 aromatic rings. The molecule has 4 rings (SSSR count). The largest absolute Gasteiger partial charge is 0.497 e. The first kappa shape index (κ1) is 19.9. The van der Waals surface area contributed by atoms with E-state index in [1.54, 1.807) is 37.8 Å². The molecule has 30 heavy (non-hydrogen) atoms. The smallest absolute Gasteiger partial charge is 0.261 e. The average Bonchev–Trinajstić information content (AvgIpc) is 3.26. The number of methoxy groups -OCH3 is 1. The lowest BCUT2D eigenvalue weighted by atomic mass is 10.0. The fourth-order valence-electron chi connectivity index (χ4n) is 3.69. The minimum Gasteiger partial charge on any atom is -0.497 e. The molecule has 3 heterocycles. The fourth-order valence-corrected chi connectivity index (χ4v) is 3.69. The molecule has 0 radical (unpaired) electrons. The summed E-state index contributed by atoms with van der Waals surface area (Å²) in [6, 6.07) is 11.3. The number of oxazole rings is 1. The second-order valence-electron chi connectivity index (χ2n) is 7.27. The van der Waals surface area contributed by atoms with Crippen LogP contribution in [-0.2, 0) is 11.2 Å². The first-order valence-corrected chi connectivity index (χ1v) is 10.1. The third-order valence-electron chi connectivity index (χ3n) is 5.19. The Morgan fingerprint density at radius 2 is 2.10 bits per heavy atom. The number of hydrogen-bond donors (Lipinski definition) is 0. The van der Waals surface area contributed by atoms with Gasteiger partial charge in [-0.1, -0.05) is 12.1 Å². The van der Waals surface area contributed by atoms with Crippen LogP contribution >= 0.6 is 0 Å². The van der Waals surface area contributed by atoms with Crippen molar-refractivity contribution in [3.8, 4) is 11.5 Å². The van der Waals surface area contributed by atoms with Gasteiger partial charge in [0.15, 0.2) is 6.61 Å². The van der Waals surface area contributed by atoms with E-state index in [1.807, 2.05) is 29.2 Å². The third kappa shape index (κ3) is 4.79. The van der Waals surface area contributed by atoms with Gasteiger partial charge in [0, 0.05) is 19.2 Å². The maximum absolute atomic E-state index is 12.8. The first-order valence-electron chi connectivity index (χ1n) is 10.1. The summed E-state index contributed by atoms with van der Waals surface area (Å²) in [5.74, 6) is 2.67. The molecule has 0 bridgehead atoms. The Hall–Kier alpha value is -3.35. The number of likely N-dealkylation sites (tertiary alicyclic amines) is 1. The van der Waals surface area contributed by atoms with Gasteiger partial charge in [-0.05, 0) is 49.1 Å². The second-order valence-corrected chi connectivity index (χ2v) is 7.27. The van der Waals surface area contributed by atoms with Crippen LogP contribution in [0.15, 0.2) is 59.4 Å². The molecular formula is C23H25N3O4. The molecule has 2 aromatic heterocycles. The van der Waals surface area contributed by atoms with Crippen molar-refractivity contribution < 1.29 is 18.7 Å². The number of ether oxygens (including phenoxy) is 2. The van der Waals surface area contributed by atoms with Gasteiger partial charge in [0.2, 0.25) is 5.89 Å². The molecule has 1 atom stereocenters. The van der Waals surface area contributed by atoms with E-state index in [1.165, 1.54) is 0 Å². The van der Waals surface area contributed by atoms with E-state index in [2.05, 4.69) is 9.97 Å². The van der Waals surface area contributed by atoms with Crippen molar-refractivity contribution in [2.75, 3.05) is 20.3 Å². The predicted octanol–water partition coefficient (Wildman–Crippen LogP) is 3.80. The van der Waals surface area contributed by atoms with Gasteiger partial charge in [-0.15, -0.1) is 0 Å². The topological polar surface area (TPSA) is 77.7 Å². The molecule has 1 fully saturated rings. The summed E-state index contributed by atoms with van der Waals surface area (Å²) >= 11 is 0. The molecule has 1 aromatic carbocycles. The highest BCUT2D eigenvalue weighted by atomic mass is 16.5. The Morgan fingerprint density at radius 3 is 2.93 bits per heavy atom. The maximum atomic E-state index is 12.8. The minimum absolute atomic E-state index is 0.0282. The highest BCUT2D eigenvalue weighted by Crippen LogP contribution is 2.31. The van der Waals surface area contributed by atoms with Crippen LogP contribution in [0.25, 0.3) is 0 Å². The fraction of sp³-hybridized carbons (Fsp3) is 0.348. The molecule has 1 aliphatic rings. The Kier molecular flexibility index (Phi) is 6.27. The number of aromatic nitrogens is 2. The first-order chi connectivity index (χ1) is 14.7. The van der Waals surface area contributed by atoms with Gasteiger partial charge < -0.3 is 18.8 Å². The summed E-state index contributed by atoms with van der Waals surface area (Å²) in [6.07, 6.45) is 8.46. The van der Waals surface area contributed by atoms with E-state index < -0.39 is 0 Å². The lowest BCUT2D eigenvalue weighted by Crippen LogP contribution is -2.41. The normalized spacial score (nSPS) is 16.3. The lowest BCUT2D eigenvalue weighted by Gasteiger charge is -2.33. The molecule has 0 N–H and O–H groups in total. The van der Waals surface area contributed by atoms with Gasteiger partial charge in [-0.25, -0.2) is 4.98 Å². The average molecular weight is 407 g/mol. The van der Waals surface area contributed by atoms with Crippen LogP contribution in [0.2, 0.25) is 0 Å². The summed E-state index contributed by atoms with van der Waals surface area (Å²) in [6.45, 7) is 0.646. The Bertz CT molecular complexity index is 973. The number of hydrogen-bond acceptors (Lipinski definition) is 6. The molecular weight excluding hydrogens is 382 g/mol. The molecule has 1 unspecified atom stereocenters. The number of rotatable bonds is 7. The summed E-state index contributed by atoms with van der Waals surface area (Å²) in [5.41, 5.74) is 1.08. The summed E-state index contributed by atoms with van der Waals surface area (Å²) in [5, 5.41) is 0. The van der Waals surface area contributed by atoms with Crippen molar-refractivity contribution in [1.29, 1.82) is 0 Å². The van der Waals surface area contributed by atoms with Crippen LogP contribution in [0.4, 0.5) is 0 Å². The number of carbonyl (C=O) groups excluding carboxylic acids is 1. The summed E-state index contributed by atoms with van der Waals surface area (Å²) in [4.78, 5) is 23.1. The predicted molar refractivity (Wildman–Crippen MR) is 110 cm³/mol. The number of carbonyl (C=O) groups is 1. The quantitative estimate of drug-likeness (QED) is 0.593. The monoisotopic (exact) mass is 407 g/mol. The molecule has 0 spiro atoms. The zero-order chi connectivity index (χ0) is 20.8. The van der Waals surface area contributed by atoms with Crippen molar-refractivity contribution in [2.24, 2.45) is 0 Å². The summed E-state index contributed by atoms with van der Waals surface area (Å²) in [7, 11) is 1.65. The van der Waals surface area contributed by atoms with Crippen molar-refractivity contribution >= 4 is 5.91 Å². The Morgan fingerprint density at radius 1 is 1.20 bits per heavy atom. The number of benzene rings is 1. The highest BCUT2D eigenvalue weighted by Gasteiger charge is 2.31. The molecule has 0 aliphatic carbocycles. The van der Waals surface area contributed by atoms with Gasteiger partial charge in [0.25, 0.3) is 5.91 Å². The van der Waals surface area contributed by atoms with E-state index in [9.17, 15) is 4.79 Å². The Labute approximate surface area is 175 Å². The van der Waals surface area contributed by atoms with Crippen molar-refractivity contribution in [3.05, 3.63) is 72.2 Å². The van der Waals surface area contributed by atoms with Crippen LogP contribution in [0.3, 0.4) is 0 Å². The lowest BCUT2D eigenvalue weighted by molar-refractivity contribution is -0.137. The van der Waals surface area contributed by atoms with E-state index >= 15 is 0 Å². The molecule has 7 heteroatoms. The van der Waals surface area contributed by atoms with Gasteiger partial charge in [-0.3, -0.25) is 9.78 Å². The zero-order valence-corrected chi connectivity index (χ0v) is 17.0. The summed E-state index contributed by atoms with van der Waals surface area (Å²) < 4.78 is 16.9. The standard InChI is InChI=1S/C23H25N3O4/c1-28-18-7-4-6-17(12-18)13-20-15-25-23(30-20)21-9-2-3-11-26(21)22(27)16-29-19-8-5-10-24-14-19/h4-8,10,12,14-15,21H,2-3,9,11,13,16H2,1H3. The maximum Gasteiger partial charge on any atom is 0.261 e. The number of pyridine rings is 1. The van der Waals surface area contributed by atoms with Crippen LogP contribution in [0.1, 0.15) is 42.5 Å². The Balaban J connectivity index is 1.43. The molecule has 1 saturated heterocycles. The van der Waals surface area contributed by atoms with Crippen LogP contribution in [0.5, 0.6) is 11.5 Å².